The Balaban J connectivity index is 1.54. The predicted molar refractivity (Wildman–Crippen MR) is 98.2 cm³/mol. The van der Waals surface area contributed by atoms with Gasteiger partial charge in [0.2, 0.25) is 0 Å². The first-order valence-corrected chi connectivity index (χ1v) is 8.74. The SMILES string of the molecule is COCCc1nc2ccc(C(=O)NCCCn3nc(C)cc3C)cc2o1. The minimum Gasteiger partial charge on any atom is -0.441 e. The summed E-state index contributed by atoms with van der Waals surface area (Å²) in [5.41, 5.74) is 4.08. The number of hydrogen-bond donors (Lipinski definition) is 1. The number of rotatable bonds is 8. The molecule has 0 atom stereocenters. The van der Waals surface area contributed by atoms with Gasteiger partial charge in [-0.1, -0.05) is 0 Å². The Bertz CT molecular complexity index is 897. The van der Waals surface area contributed by atoms with E-state index in [9.17, 15) is 4.79 Å². The number of aromatic nitrogens is 3. The number of benzene rings is 1. The van der Waals surface area contributed by atoms with Crippen LogP contribution in [0.5, 0.6) is 0 Å². The van der Waals surface area contributed by atoms with Crippen molar-refractivity contribution in [3.63, 3.8) is 0 Å². The number of nitrogens with one attached hydrogen (secondary N) is 1. The lowest BCUT2D eigenvalue weighted by Crippen LogP contribution is -2.25. The van der Waals surface area contributed by atoms with Gasteiger partial charge in [0, 0.05) is 37.9 Å². The molecule has 0 aliphatic carbocycles. The molecule has 1 amide bonds. The van der Waals surface area contributed by atoms with Gasteiger partial charge in [-0.25, -0.2) is 4.98 Å². The molecule has 26 heavy (non-hydrogen) atoms. The van der Waals surface area contributed by atoms with Crippen LogP contribution in [0.3, 0.4) is 0 Å². The summed E-state index contributed by atoms with van der Waals surface area (Å²) < 4.78 is 12.7. The molecule has 0 unspecified atom stereocenters. The van der Waals surface area contributed by atoms with E-state index in [1.165, 1.54) is 0 Å². The average Bonchev–Trinajstić information content (AvgIpc) is 3.17. The highest BCUT2D eigenvalue weighted by Gasteiger charge is 2.10. The average molecular weight is 356 g/mol. The lowest BCUT2D eigenvalue weighted by atomic mass is 10.2. The number of carbonyl (C=O) groups excluding carboxylic acids is 1. The summed E-state index contributed by atoms with van der Waals surface area (Å²) in [5.74, 6) is 0.499. The van der Waals surface area contributed by atoms with E-state index in [0.29, 0.717) is 36.6 Å². The van der Waals surface area contributed by atoms with E-state index in [1.54, 1.807) is 25.3 Å². The number of fused-ring (bicyclic) bond motifs is 1. The van der Waals surface area contributed by atoms with Crippen LogP contribution >= 0.6 is 0 Å². The van der Waals surface area contributed by atoms with Crippen molar-refractivity contribution >= 4 is 17.0 Å². The minimum atomic E-state index is -0.116. The number of ether oxygens (including phenoxy) is 1. The van der Waals surface area contributed by atoms with Gasteiger partial charge in [-0.15, -0.1) is 0 Å². The molecule has 0 aliphatic heterocycles. The molecule has 0 bridgehead atoms. The molecule has 0 fully saturated rings. The fourth-order valence-corrected chi connectivity index (χ4v) is 2.84. The van der Waals surface area contributed by atoms with Crippen molar-refractivity contribution in [2.75, 3.05) is 20.3 Å². The van der Waals surface area contributed by atoms with Crippen LogP contribution in [0.25, 0.3) is 11.1 Å². The molecule has 3 aromatic rings. The van der Waals surface area contributed by atoms with Crippen LogP contribution in [0, 0.1) is 13.8 Å². The molecule has 1 aromatic carbocycles. The number of methoxy groups -OCH3 is 1. The molecule has 0 spiro atoms. The third-order valence-electron chi connectivity index (χ3n) is 4.15. The fourth-order valence-electron chi connectivity index (χ4n) is 2.84. The van der Waals surface area contributed by atoms with Crippen molar-refractivity contribution in [2.24, 2.45) is 0 Å². The molecule has 0 aliphatic rings. The van der Waals surface area contributed by atoms with Crippen LogP contribution < -0.4 is 5.32 Å². The third kappa shape index (κ3) is 4.29. The first-order valence-electron chi connectivity index (χ1n) is 8.74. The van der Waals surface area contributed by atoms with Crippen molar-refractivity contribution in [3.05, 3.63) is 47.1 Å². The van der Waals surface area contributed by atoms with E-state index in [2.05, 4.69) is 15.4 Å². The van der Waals surface area contributed by atoms with E-state index in [1.807, 2.05) is 24.6 Å². The molecular formula is C19H24N4O3. The minimum absolute atomic E-state index is 0.116. The van der Waals surface area contributed by atoms with E-state index in [-0.39, 0.29) is 5.91 Å². The van der Waals surface area contributed by atoms with Crippen molar-refractivity contribution < 1.29 is 13.9 Å². The maximum atomic E-state index is 12.3. The number of nitrogens with zero attached hydrogens (tertiary/aromatic N) is 3. The van der Waals surface area contributed by atoms with Crippen molar-refractivity contribution in [2.45, 2.75) is 33.2 Å². The molecular weight excluding hydrogens is 332 g/mol. The predicted octanol–water partition coefficient (Wildman–Crippen LogP) is 2.65. The summed E-state index contributed by atoms with van der Waals surface area (Å²) in [6.45, 7) is 5.93. The van der Waals surface area contributed by atoms with Crippen LogP contribution in [0.4, 0.5) is 0 Å². The number of oxazole rings is 1. The van der Waals surface area contributed by atoms with Crippen LogP contribution in [-0.4, -0.2) is 40.9 Å². The molecule has 0 radical (unpaired) electrons. The zero-order valence-corrected chi connectivity index (χ0v) is 15.4. The lowest BCUT2D eigenvalue weighted by molar-refractivity contribution is 0.0952. The normalized spacial score (nSPS) is 11.2. The zero-order chi connectivity index (χ0) is 18.5. The second kappa shape index (κ2) is 8.14. The number of aryl methyl sites for hydroxylation is 3. The number of hydrogen-bond acceptors (Lipinski definition) is 5. The topological polar surface area (TPSA) is 82.2 Å². The molecule has 7 heteroatoms. The summed E-state index contributed by atoms with van der Waals surface area (Å²) in [4.78, 5) is 16.7. The largest absolute Gasteiger partial charge is 0.441 e. The lowest BCUT2D eigenvalue weighted by Gasteiger charge is -2.06. The maximum Gasteiger partial charge on any atom is 0.251 e. The molecule has 0 saturated carbocycles. The van der Waals surface area contributed by atoms with Gasteiger partial charge in [0.25, 0.3) is 5.91 Å². The van der Waals surface area contributed by atoms with Crippen LogP contribution in [-0.2, 0) is 17.7 Å². The second-order valence-corrected chi connectivity index (χ2v) is 6.29. The second-order valence-electron chi connectivity index (χ2n) is 6.29. The Hall–Kier alpha value is -2.67. The molecule has 0 saturated heterocycles. The van der Waals surface area contributed by atoms with Crippen LogP contribution in [0.2, 0.25) is 0 Å². The van der Waals surface area contributed by atoms with E-state index < -0.39 is 0 Å². The molecule has 1 N–H and O–H groups in total. The molecule has 7 nitrogen and oxygen atoms in total. The summed E-state index contributed by atoms with van der Waals surface area (Å²) in [7, 11) is 1.64. The molecule has 3 rings (SSSR count). The molecule has 2 heterocycles. The number of carbonyl (C=O) groups is 1. The van der Waals surface area contributed by atoms with Crippen LogP contribution in [0.15, 0.2) is 28.7 Å². The Morgan fingerprint density at radius 3 is 2.88 bits per heavy atom. The zero-order valence-electron chi connectivity index (χ0n) is 15.4. The highest BCUT2D eigenvalue weighted by molar-refractivity contribution is 5.96. The highest BCUT2D eigenvalue weighted by Crippen LogP contribution is 2.18. The quantitative estimate of drug-likeness (QED) is 0.628. The van der Waals surface area contributed by atoms with Crippen molar-refractivity contribution in [1.82, 2.24) is 20.1 Å². The first-order chi connectivity index (χ1) is 12.6. The molecule has 138 valence electrons. The van der Waals surface area contributed by atoms with E-state index >= 15 is 0 Å². The van der Waals surface area contributed by atoms with Gasteiger partial charge in [0.05, 0.1) is 12.3 Å². The van der Waals surface area contributed by atoms with Gasteiger partial charge in [0.1, 0.15) is 5.52 Å². The fraction of sp³-hybridized carbons (Fsp3) is 0.421. The van der Waals surface area contributed by atoms with Gasteiger partial charge in [-0.05, 0) is 44.5 Å². The van der Waals surface area contributed by atoms with E-state index in [4.69, 9.17) is 9.15 Å². The van der Waals surface area contributed by atoms with Crippen LogP contribution in [0.1, 0.15) is 34.1 Å². The monoisotopic (exact) mass is 356 g/mol. The Morgan fingerprint density at radius 2 is 2.15 bits per heavy atom. The standard InChI is InChI=1S/C19H24N4O3/c1-13-11-14(2)23(22-13)9-4-8-20-19(24)15-5-6-16-17(12-15)26-18(21-16)7-10-25-3/h5-6,11-12H,4,7-10H2,1-3H3,(H,20,24). The maximum absolute atomic E-state index is 12.3. The third-order valence-corrected chi connectivity index (χ3v) is 4.15. The van der Waals surface area contributed by atoms with E-state index in [0.717, 1.165) is 29.9 Å². The Morgan fingerprint density at radius 1 is 1.31 bits per heavy atom. The van der Waals surface area contributed by atoms with Gasteiger partial charge in [-0.2, -0.15) is 5.10 Å². The van der Waals surface area contributed by atoms with Gasteiger partial charge < -0.3 is 14.5 Å². The summed E-state index contributed by atoms with van der Waals surface area (Å²) in [6, 6.07) is 7.35. The number of amides is 1. The molecule has 2 aromatic heterocycles. The Labute approximate surface area is 152 Å². The highest BCUT2D eigenvalue weighted by atomic mass is 16.5. The summed E-state index contributed by atoms with van der Waals surface area (Å²) >= 11 is 0. The first kappa shape index (κ1) is 18.1. The van der Waals surface area contributed by atoms with Gasteiger partial charge in [-0.3, -0.25) is 9.48 Å². The summed E-state index contributed by atoms with van der Waals surface area (Å²) in [6.07, 6.45) is 1.43. The van der Waals surface area contributed by atoms with Gasteiger partial charge >= 0.3 is 0 Å². The Kier molecular flexibility index (Phi) is 5.68. The summed E-state index contributed by atoms with van der Waals surface area (Å²) in [5, 5.41) is 7.36. The van der Waals surface area contributed by atoms with Crippen molar-refractivity contribution in [1.29, 1.82) is 0 Å². The van der Waals surface area contributed by atoms with Gasteiger partial charge in [0.15, 0.2) is 11.5 Å². The smallest absolute Gasteiger partial charge is 0.251 e. The van der Waals surface area contributed by atoms with Crippen molar-refractivity contribution in [3.8, 4) is 0 Å².